The number of halogens is 1. The Hall–Kier alpha value is -2.05. The minimum absolute atomic E-state index is 0.125. The van der Waals surface area contributed by atoms with Crippen LogP contribution in [0.3, 0.4) is 0 Å². The van der Waals surface area contributed by atoms with Gasteiger partial charge < -0.3 is 10.1 Å². The molecule has 2 aromatic rings. The quantitative estimate of drug-likeness (QED) is 0.460. The molecule has 0 radical (unpaired) electrons. The first-order chi connectivity index (χ1) is 13.8. The van der Waals surface area contributed by atoms with E-state index in [1.54, 1.807) is 0 Å². The number of nitrogens with zero attached hydrogens (tertiary/aromatic N) is 3. The van der Waals surface area contributed by atoms with Crippen LogP contribution in [0.5, 0.6) is 0 Å². The van der Waals surface area contributed by atoms with Gasteiger partial charge in [0.05, 0.1) is 28.8 Å². The summed E-state index contributed by atoms with van der Waals surface area (Å²) in [7, 11) is -3.65. The summed E-state index contributed by atoms with van der Waals surface area (Å²) >= 11 is 11.5. The number of aryl methyl sites for hydroxylation is 2. The first-order valence-corrected chi connectivity index (χ1v) is 11.0. The molecule has 3 rings (SSSR count). The Bertz CT molecular complexity index is 992. The lowest BCUT2D eigenvalue weighted by atomic mass is 10.3. The molecule has 1 fully saturated rings. The number of rotatable bonds is 5. The molecule has 9 nitrogen and oxygen atoms in total. The zero-order valence-electron chi connectivity index (χ0n) is 15.9. The van der Waals surface area contributed by atoms with Crippen LogP contribution in [-0.4, -0.2) is 54.1 Å². The lowest BCUT2D eigenvalue weighted by Crippen LogP contribution is -2.40. The number of hydrogen-bond donors (Lipinski definition) is 3. The largest absolute Gasteiger partial charge is 0.379 e. The molecule has 0 atom stereocenters. The molecule has 1 saturated heterocycles. The maximum atomic E-state index is 12.8. The first-order valence-electron chi connectivity index (χ1n) is 8.78. The second-order valence-corrected chi connectivity index (χ2v) is 9.09. The highest BCUT2D eigenvalue weighted by Crippen LogP contribution is 2.27. The van der Waals surface area contributed by atoms with Gasteiger partial charge in [-0.2, -0.15) is 4.31 Å². The van der Waals surface area contributed by atoms with Crippen molar-refractivity contribution in [2.45, 2.75) is 18.7 Å². The van der Waals surface area contributed by atoms with Gasteiger partial charge in [0.1, 0.15) is 0 Å². The predicted octanol–water partition coefficient (Wildman–Crippen LogP) is 2.08. The highest BCUT2D eigenvalue weighted by Gasteiger charge is 2.27. The van der Waals surface area contributed by atoms with Gasteiger partial charge in [-0.1, -0.05) is 11.6 Å². The normalized spacial score (nSPS) is 15.0. The van der Waals surface area contributed by atoms with Gasteiger partial charge >= 0.3 is 0 Å². The Balaban J connectivity index is 1.70. The molecule has 0 saturated carbocycles. The van der Waals surface area contributed by atoms with Crippen molar-refractivity contribution >= 4 is 50.6 Å². The lowest BCUT2D eigenvalue weighted by Gasteiger charge is -2.26. The highest BCUT2D eigenvalue weighted by molar-refractivity contribution is 7.89. The molecule has 1 aromatic carbocycles. The van der Waals surface area contributed by atoms with Crippen LogP contribution >= 0.6 is 23.8 Å². The maximum Gasteiger partial charge on any atom is 0.243 e. The first kappa shape index (κ1) is 21.7. The predicted molar refractivity (Wildman–Crippen MR) is 116 cm³/mol. The molecular formula is C17H21ClN6O3S2. The molecule has 0 spiro atoms. The third-order valence-corrected chi connectivity index (χ3v) is 6.49. The Morgan fingerprint density at radius 3 is 2.48 bits per heavy atom. The van der Waals surface area contributed by atoms with Gasteiger partial charge in [-0.3, -0.25) is 10.9 Å². The lowest BCUT2D eigenvalue weighted by molar-refractivity contribution is 0.0730. The van der Waals surface area contributed by atoms with E-state index in [1.807, 2.05) is 19.9 Å². The van der Waals surface area contributed by atoms with Crippen molar-refractivity contribution in [1.29, 1.82) is 0 Å². The van der Waals surface area contributed by atoms with Crippen LogP contribution in [0.15, 0.2) is 29.2 Å². The van der Waals surface area contributed by atoms with Crippen molar-refractivity contribution in [2.24, 2.45) is 0 Å². The summed E-state index contributed by atoms with van der Waals surface area (Å²) in [6.45, 7) is 5.09. The van der Waals surface area contributed by atoms with Crippen molar-refractivity contribution in [3.05, 3.63) is 40.7 Å². The molecule has 156 valence electrons. The van der Waals surface area contributed by atoms with E-state index in [0.717, 1.165) is 11.4 Å². The molecule has 0 bridgehead atoms. The summed E-state index contributed by atoms with van der Waals surface area (Å²) < 4.78 is 32.3. The Morgan fingerprint density at radius 1 is 1.17 bits per heavy atom. The summed E-state index contributed by atoms with van der Waals surface area (Å²) in [6, 6.07) is 6.28. The molecule has 0 aliphatic carbocycles. The SMILES string of the molecule is Cc1cc(C)nc(NNC(=S)Nc2cc(S(=O)(=O)N3CCOCC3)ccc2Cl)n1. The average Bonchev–Trinajstić information content (AvgIpc) is 2.68. The van der Waals surface area contributed by atoms with E-state index < -0.39 is 10.0 Å². The third-order valence-electron chi connectivity index (χ3n) is 4.06. The molecule has 3 N–H and O–H groups in total. The van der Waals surface area contributed by atoms with Crippen molar-refractivity contribution in [1.82, 2.24) is 19.7 Å². The zero-order chi connectivity index (χ0) is 21.0. The van der Waals surface area contributed by atoms with E-state index in [1.165, 1.54) is 22.5 Å². The minimum Gasteiger partial charge on any atom is -0.379 e. The summed E-state index contributed by atoms with van der Waals surface area (Å²) in [6.07, 6.45) is 0. The summed E-state index contributed by atoms with van der Waals surface area (Å²) in [5.41, 5.74) is 7.55. The molecule has 0 unspecified atom stereocenters. The van der Waals surface area contributed by atoms with E-state index in [9.17, 15) is 8.42 Å². The maximum absolute atomic E-state index is 12.8. The fourth-order valence-electron chi connectivity index (χ4n) is 2.74. The zero-order valence-corrected chi connectivity index (χ0v) is 18.3. The third kappa shape index (κ3) is 5.52. The standard InChI is InChI=1S/C17H21ClN6O3S2/c1-11-9-12(2)20-16(19-11)22-23-17(28)21-15-10-13(3-4-14(15)18)29(25,26)24-5-7-27-8-6-24/h3-4,9-10H,5-8H2,1-2H3,(H,19,20,22)(H2,21,23,28). The molecule has 1 aromatic heterocycles. The van der Waals surface area contributed by atoms with Gasteiger partial charge in [0.25, 0.3) is 0 Å². The van der Waals surface area contributed by atoms with Gasteiger partial charge in [-0.25, -0.2) is 18.4 Å². The van der Waals surface area contributed by atoms with Crippen LogP contribution in [0.2, 0.25) is 5.02 Å². The Kier molecular flexibility index (Phi) is 6.85. The highest BCUT2D eigenvalue weighted by atomic mass is 35.5. The summed E-state index contributed by atoms with van der Waals surface area (Å²) in [5.74, 6) is 0.362. The molecular weight excluding hydrogens is 436 g/mol. The minimum atomic E-state index is -3.65. The van der Waals surface area contributed by atoms with Crippen molar-refractivity contribution in [3.8, 4) is 0 Å². The molecule has 0 amide bonds. The second kappa shape index (κ2) is 9.18. The number of sulfonamides is 1. The molecule has 1 aliphatic rings. The smallest absolute Gasteiger partial charge is 0.243 e. The monoisotopic (exact) mass is 456 g/mol. The topological polar surface area (TPSA) is 108 Å². The second-order valence-electron chi connectivity index (χ2n) is 6.34. The number of morpholine rings is 1. The number of hydrogen-bond acceptors (Lipinski definition) is 7. The Morgan fingerprint density at radius 2 is 1.83 bits per heavy atom. The van der Waals surface area contributed by atoms with Crippen LogP contribution in [-0.2, 0) is 14.8 Å². The van der Waals surface area contributed by atoms with Crippen LogP contribution in [0, 0.1) is 13.8 Å². The van der Waals surface area contributed by atoms with Gasteiger partial charge in [0.15, 0.2) is 5.11 Å². The number of benzene rings is 1. The van der Waals surface area contributed by atoms with Crippen LogP contribution in [0.1, 0.15) is 11.4 Å². The fraction of sp³-hybridized carbons (Fsp3) is 0.353. The van der Waals surface area contributed by atoms with Crippen LogP contribution < -0.4 is 16.2 Å². The van der Waals surface area contributed by atoms with E-state index >= 15 is 0 Å². The van der Waals surface area contributed by atoms with Crippen LogP contribution in [0.4, 0.5) is 11.6 Å². The summed E-state index contributed by atoms with van der Waals surface area (Å²) in [4.78, 5) is 8.60. The molecule has 12 heteroatoms. The molecule has 1 aliphatic heterocycles. The number of nitrogens with one attached hydrogen (secondary N) is 3. The van der Waals surface area contributed by atoms with Crippen molar-refractivity contribution < 1.29 is 13.2 Å². The van der Waals surface area contributed by atoms with Crippen molar-refractivity contribution in [2.75, 3.05) is 37.0 Å². The van der Waals surface area contributed by atoms with Gasteiger partial charge in [-0.05, 0) is 50.3 Å². The Labute approximate surface area is 179 Å². The van der Waals surface area contributed by atoms with E-state index in [2.05, 4.69) is 26.1 Å². The number of thiocarbonyl (C=S) groups is 1. The molecule has 29 heavy (non-hydrogen) atoms. The van der Waals surface area contributed by atoms with Gasteiger partial charge in [-0.15, -0.1) is 0 Å². The average molecular weight is 457 g/mol. The fourth-order valence-corrected chi connectivity index (χ4v) is 4.51. The van der Waals surface area contributed by atoms with Crippen molar-refractivity contribution in [3.63, 3.8) is 0 Å². The molecule has 2 heterocycles. The van der Waals surface area contributed by atoms with Gasteiger partial charge in [0.2, 0.25) is 16.0 Å². The van der Waals surface area contributed by atoms with E-state index in [-0.39, 0.29) is 10.0 Å². The number of anilines is 2. The number of aromatic nitrogens is 2. The van der Waals surface area contributed by atoms with Crippen LogP contribution in [0.25, 0.3) is 0 Å². The number of hydrazine groups is 1. The van der Waals surface area contributed by atoms with E-state index in [0.29, 0.717) is 43.0 Å². The van der Waals surface area contributed by atoms with E-state index in [4.69, 9.17) is 28.6 Å². The number of ether oxygens (including phenoxy) is 1. The summed E-state index contributed by atoms with van der Waals surface area (Å²) in [5, 5.41) is 3.40. The van der Waals surface area contributed by atoms with Gasteiger partial charge in [0, 0.05) is 24.5 Å².